The maximum Gasteiger partial charge on any atom is 0.255 e. The van der Waals surface area contributed by atoms with Crippen molar-refractivity contribution >= 4 is 34.5 Å². The molecule has 0 aliphatic carbocycles. The van der Waals surface area contributed by atoms with Crippen LogP contribution in [0.4, 0.5) is 5.82 Å². The number of aromatic nitrogens is 4. The van der Waals surface area contributed by atoms with Crippen molar-refractivity contribution < 1.29 is 0 Å². The van der Waals surface area contributed by atoms with Crippen LogP contribution in [0.2, 0.25) is 5.15 Å². The fourth-order valence-electron chi connectivity index (χ4n) is 2.03. The van der Waals surface area contributed by atoms with Crippen molar-refractivity contribution in [1.82, 2.24) is 19.6 Å². The molecule has 0 bridgehead atoms. The first-order valence-corrected chi connectivity index (χ1v) is 7.44. The molecule has 20 heavy (non-hydrogen) atoms. The highest BCUT2D eigenvalue weighted by Gasteiger charge is 2.15. The third-order valence-corrected chi connectivity index (χ3v) is 4.70. The summed E-state index contributed by atoms with van der Waals surface area (Å²) in [5.41, 5.74) is 0.866. The van der Waals surface area contributed by atoms with Crippen LogP contribution in [0, 0.1) is 13.8 Å². The zero-order valence-corrected chi connectivity index (χ0v) is 13.0. The van der Waals surface area contributed by atoms with Gasteiger partial charge in [0.05, 0.1) is 6.04 Å². The van der Waals surface area contributed by atoms with Gasteiger partial charge < -0.3 is 5.32 Å². The topological polar surface area (TPSA) is 55.1 Å². The van der Waals surface area contributed by atoms with E-state index in [-0.39, 0.29) is 6.04 Å². The average molecular weight is 308 g/mol. The SMILES string of the molecule is Cc1ccc(C(C)Nc2c(C)c(Cl)nc3ncnn23)s1. The molecule has 3 aromatic rings. The van der Waals surface area contributed by atoms with Gasteiger partial charge in [-0.1, -0.05) is 11.6 Å². The van der Waals surface area contributed by atoms with Crippen molar-refractivity contribution in [2.24, 2.45) is 0 Å². The Hall–Kier alpha value is -1.66. The Labute approximate surface area is 125 Å². The predicted octanol–water partition coefficient (Wildman–Crippen LogP) is 3.63. The van der Waals surface area contributed by atoms with E-state index < -0.39 is 0 Å². The number of rotatable bonds is 3. The third-order valence-electron chi connectivity index (χ3n) is 3.15. The van der Waals surface area contributed by atoms with Crippen LogP contribution >= 0.6 is 22.9 Å². The number of anilines is 1. The molecule has 5 nitrogen and oxygen atoms in total. The van der Waals surface area contributed by atoms with Gasteiger partial charge in [0.2, 0.25) is 0 Å². The summed E-state index contributed by atoms with van der Waals surface area (Å²) >= 11 is 7.93. The summed E-state index contributed by atoms with van der Waals surface area (Å²) in [6.45, 7) is 6.14. The highest BCUT2D eigenvalue weighted by atomic mass is 35.5. The maximum atomic E-state index is 6.15. The van der Waals surface area contributed by atoms with Crippen molar-refractivity contribution in [3.8, 4) is 0 Å². The number of thiophene rings is 1. The standard InChI is InChI=1S/C13H14ClN5S/c1-7-4-5-10(20-7)9(3)17-12-8(2)11(14)18-13-15-6-16-19(12)13/h4-6,9,17H,1-3H3. The highest BCUT2D eigenvalue weighted by molar-refractivity contribution is 7.12. The van der Waals surface area contributed by atoms with Crippen molar-refractivity contribution in [3.63, 3.8) is 0 Å². The number of hydrogen-bond acceptors (Lipinski definition) is 5. The molecule has 0 saturated heterocycles. The van der Waals surface area contributed by atoms with Crippen LogP contribution in [0.15, 0.2) is 18.5 Å². The van der Waals surface area contributed by atoms with E-state index in [1.54, 1.807) is 15.9 Å². The molecular formula is C13H14ClN5S. The first kappa shape index (κ1) is 13.3. The summed E-state index contributed by atoms with van der Waals surface area (Å²) in [5.74, 6) is 1.33. The zero-order valence-electron chi connectivity index (χ0n) is 11.4. The first-order chi connectivity index (χ1) is 9.56. The molecule has 1 unspecified atom stereocenters. The second-order valence-electron chi connectivity index (χ2n) is 4.66. The van der Waals surface area contributed by atoms with Crippen molar-refractivity contribution in [1.29, 1.82) is 0 Å². The van der Waals surface area contributed by atoms with Gasteiger partial charge >= 0.3 is 0 Å². The molecule has 0 spiro atoms. The van der Waals surface area contributed by atoms with Crippen molar-refractivity contribution in [3.05, 3.63) is 38.9 Å². The third kappa shape index (κ3) is 2.25. The van der Waals surface area contributed by atoms with E-state index in [0.717, 1.165) is 11.4 Å². The quantitative estimate of drug-likeness (QED) is 0.751. The lowest BCUT2D eigenvalue weighted by Gasteiger charge is -2.16. The fourth-order valence-corrected chi connectivity index (χ4v) is 3.07. The summed E-state index contributed by atoms with van der Waals surface area (Å²) in [6, 6.07) is 4.42. The Morgan fingerprint density at radius 1 is 1.35 bits per heavy atom. The van der Waals surface area contributed by atoms with Gasteiger partial charge in [0.1, 0.15) is 17.3 Å². The molecule has 104 valence electrons. The monoisotopic (exact) mass is 307 g/mol. The fraction of sp³-hybridized carbons (Fsp3) is 0.308. The van der Waals surface area contributed by atoms with E-state index in [9.17, 15) is 0 Å². The van der Waals surface area contributed by atoms with Crippen LogP contribution < -0.4 is 5.32 Å². The van der Waals surface area contributed by atoms with E-state index >= 15 is 0 Å². The average Bonchev–Trinajstić information content (AvgIpc) is 3.03. The van der Waals surface area contributed by atoms with E-state index in [4.69, 9.17) is 11.6 Å². The molecule has 7 heteroatoms. The van der Waals surface area contributed by atoms with E-state index in [1.807, 2.05) is 6.92 Å². The van der Waals surface area contributed by atoms with E-state index in [0.29, 0.717) is 10.9 Å². The molecule has 0 fully saturated rings. The highest BCUT2D eigenvalue weighted by Crippen LogP contribution is 2.29. The van der Waals surface area contributed by atoms with Gasteiger partial charge in [-0.3, -0.25) is 0 Å². The molecule has 0 saturated carbocycles. The van der Waals surface area contributed by atoms with E-state index in [1.165, 1.54) is 16.1 Å². The molecule has 3 aromatic heterocycles. The zero-order chi connectivity index (χ0) is 14.3. The minimum atomic E-state index is 0.165. The normalized spacial score (nSPS) is 12.8. The van der Waals surface area contributed by atoms with Crippen LogP contribution in [0.25, 0.3) is 5.78 Å². The van der Waals surface area contributed by atoms with Crippen molar-refractivity contribution in [2.45, 2.75) is 26.8 Å². The van der Waals surface area contributed by atoms with Crippen LogP contribution in [0.3, 0.4) is 0 Å². The summed E-state index contributed by atoms with van der Waals surface area (Å²) in [7, 11) is 0. The lowest BCUT2D eigenvalue weighted by atomic mass is 10.2. The molecule has 0 radical (unpaired) electrons. The Kier molecular flexibility index (Phi) is 3.35. The number of halogens is 1. The molecule has 0 amide bonds. The van der Waals surface area contributed by atoms with Crippen LogP contribution in [0.1, 0.15) is 28.3 Å². The summed E-state index contributed by atoms with van der Waals surface area (Å²) < 4.78 is 1.68. The summed E-state index contributed by atoms with van der Waals surface area (Å²) in [6.07, 6.45) is 1.48. The van der Waals surface area contributed by atoms with Gasteiger partial charge in [0.25, 0.3) is 5.78 Å². The van der Waals surface area contributed by atoms with Gasteiger partial charge in [-0.15, -0.1) is 11.3 Å². The number of fused-ring (bicyclic) bond motifs is 1. The summed E-state index contributed by atoms with van der Waals surface area (Å²) in [4.78, 5) is 10.8. The molecule has 1 atom stereocenters. The van der Waals surface area contributed by atoms with Gasteiger partial charge in [-0.2, -0.15) is 19.6 Å². The predicted molar refractivity (Wildman–Crippen MR) is 81.6 cm³/mol. The molecule has 0 aliphatic rings. The van der Waals surface area contributed by atoms with E-state index in [2.05, 4.69) is 46.4 Å². The van der Waals surface area contributed by atoms with Crippen LogP contribution in [-0.2, 0) is 0 Å². The lowest BCUT2D eigenvalue weighted by molar-refractivity contribution is 0.847. The van der Waals surface area contributed by atoms with Gasteiger partial charge in [-0.05, 0) is 32.9 Å². The van der Waals surface area contributed by atoms with Crippen LogP contribution in [0.5, 0.6) is 0 Å². The van der Waals surface area contributed by atoms with Gasteiger partial charge in [-0.25, -0.2) is 0 Å². The van der Waals surface area contributed by atoms with Gasteiger partial charge in [0, 0.05) is 15.3 Å². The number of aryl methyl sites for hydroxylation is 1. The smallest absolute Gasteiger partial charge is 0.255 e. The van der Waals surface area contributed by atoms with Crippen LogP contribution in [-0.4, -0.2) is 19.6 Å². The Bertz CT molecular complexity index is 763. The molecular weight excluding hydrogens is 294 g/mol. The summed E-state index contributed by atoms with van der Waals surface area (Å²) in [5, 5.41) is 8.10. The Morgan fingerprint density at radius 3 is 2.85 bits per heavy atom. The maximum absolute atomic E-state index is 6.15. The first-order valence-electron chi connectivity index (χ1n) is 6.25. The number of nitrogens with one attached hydrogen (secondary N) is 1. The minimum absolute atomic E-state index is 0.165. The largest absolute Gasteiger partial charge is 0.362 e. The molecule has 3 heterocycles. The number of hydrogen-bond donors (Lipinski definition) is 1. The van der Waals surface area contributed by atoms with Gasteiger partial charge in [0.15, 0.2) is 0 Å². The second kappa shape index (κ2) is 5.03. The molecule has 1 N–H and O–H groups in total. The molecule has 3 rings (SSSR count). The lowest BCUT2D eigenvalue weighted by Crippen LogP contribution is -2.12. The Balaban J connectivity index is 2.01. The minimum Gasteiger partial charge on any atom is -0.362 e. The number of nitrogens with zero attached hydrogens (tertiary/aromatic N) is 4. The molecule has 0 aromatic carbocycles. The van der Waals surface area contributed by atoms with Crippen molar-refractivity contribution in [2.75, 3.05) is 5.32 Å². The second-order valence-corrected chi connectivity index (χ2v) is 6.34. The molecule has 0 aliphatic heterocycles. The Morgan fingerprint density at radius 2 is 2.15 bits per heavy atom.